The molecule has 84 valence electrons. The van der Waals surface area contributed by atoms with Crippen molar-refractivity contribution in [1.82, 2.24) is 10.3 Å². The van der Waals surface area contributed by atoms with Crippen molar-refractivity contribution in [3.05, 3.63) is 15.0 Å². The molecule has 1 unspecified atom stereocenters. The summed E-state index contributed by atoms with van der Waals surface area (Å²) in [7, 11) is 0. The third-order valence-electron chi connectivity index (χ3n) is 1.46. The second kappa shape index (κ2) is 5.76. The molecule has 0 aliphatic heterocycles. The summed E-state index contributed by atoms with van der Waals surface area (Å²) in [5.74, 6) is 0. The molecule has 15 heavy (non-hydrogen) atoms. The Bertz CT molecular complexity index is 345. The lowest BCUT2D eigenvalue weighted by atomic mass is 10.3. The first-order valence-electron chi connectivity index (χ1n) is 3.80. The molecule has 1 N–H and O–H groups in total. The average molecular weight is 319 g/mol. The fraction of sp³-hybridized carbons (Fsp3) is 0.429. The minimum atomic E-state index is -2.80. The van der Waals surface area contributed by atoms with Crippen molar-refractivity contribution in [3.8, 4) is 0 Å². The summed E-state index contributed by atoms with van der Waals surface area (Å²) in [6.07, 6.45) is -2.80. The molecule has 1 atom stereocenters. The van der Waals surface area contributed by atoms with Crippen LogP contribution in [0.2, 0.25) is 0 Å². The molecule has 1 aromatic rings. The molecule has 1 rings (SSSR count). The smallest absolute Gasteiger partial charge is 0.260 e. The van der Waals surface area contributed by atoms with Gasteiger partial charge in [-0.1, -0.05) is 12.2 Å². The summed E-state index contributed by atoms with van der Waals surface area (Å²) < 4.78 is 37.1. The number of rotatable bonds is 4. The number of nitrogens with one attached hydrogen (secondary N) is 1. The monoisotopic (exact) mass is 318 g/mol. The summed E-state index contributed by atoms with van der Waals surface area (Å²) in [5.41, 5.74) is 0. The number of aromatic nitrogens is 1. The number of halogens is 4. The first kappa shape index (κ1) is 12.9. The van der Waals surface area contributed by atoms with E-state index in [0.717, 1.165) is 0 Å². The van der Waals surface area contributed by atoms with Crippen LogP contribution in [0.5, 0.6) is 0 Å². The van der Waals surface area contributed by atoms with Crippen LogP contribution in [0.25, 0.3) is 0 Å². The van der Waals surface area contributed by atoms with E-state index in [1.807, 2.05) is 0 Å². The van der Waals surface area contributed by atoms with E-state index in [0.29, 0.717) is 9.61 Å². The normalized spacial score (nSPS) is 12.9. The molecular weight excluding hydrogens is 313 g/mol. The molecule has 0 spiro atoms. The third-order valence-corrected chi connectivity index (χ3v) is 3.47. The molecule has 8 heteroatoms. The minimum absolute atomic E-state index is 0.0358. The molecule has 0 aliphatic carbocycles. The van der Waals surface area contributed by atoms with E-state index in [-0.39, 0.29) is 4.99 Å². The Hall–Kier alpha value is -0.210. The number of thiazole rings is 1. The largest absolute Gasteiger partial charge is 0.363 e. The SMILES string of the molecule is FCC(NC(=S)c1nc(Br)cs1)C(F)F. The molecule has 0 fully saturated rings. The molecule has 0 aromatic carbocycles. The highest BCUT2D eigenvalue weighted by Crippen LogP contribution is 2.15. The van der Waals surface area contributed by atoms with Crippen molar-refractivity contribution >= 4 is 44.5 Å². The fourth-order valence-electron chi connectivity index (χ4n) is 0.757. The van der Waals surface area contributed by atoms with Gasteiger partial charge in [0.05, 0.1) is 0 Å². The van der Waals surface area contributed by atoms with Gasteiger partial charge in [-0.15, -0.1) is 11.3 Å². The van der Waals surface area contributed by atoms with Crippen molar-refractivity contribution in [2.45, 2.75) is 12.5 Å². The maximum absolute atomic E-state index is 12.2. The third kappa shape index (κ3) is 3.69. The molecule has 2 nitrogen and oxygen atoms in total. The molecule has 1 aromatic heterocycles. The maximum atomic E-state index is 12.2. The average Bonchev–Trinajstić information content (AvgIpc) is 2.60. The Morgan fingerprint density at radius 2 is 2.33 bits per heavy atom. The van der Waals surface area contributed by atoms with Crippen molar-refractivity contribution in [2.75, 3.05) is 6.67 Å². The number of hydrogen-bond donors (Lipinski definition) is 1. The summed E-state index contributed by atoms with van der Waals surface area (Å²) >= 11 is 9.11. The van der Waals surface area contributed by atoms with Gasteiger partial charge >= 0.3 is 0 Å². The van der Waals surface area contributed by atoms with Crippen LogP contribution in [0.4, 0.5) is 13.2 Å². The van der Waals surface area contributed by atoms with Gasteiger partial charge in [0.2, 0.25) is 0 Å². The lowest BCUT2D eigenvalue weighted by Gasteiger charge is -2.14. The Morgan fingerprint density at radius 3 is 2.73 bits per heavy atom. The zero-order valence-corrected chi connectivity index (χ0v) is 10.4. The van der Waals surface area contributed by atoms with Crippen LogP contribution in [0.3, 0.4) is 0 Å². The number of hydrogen-bond acceptors (Lipinski definition) is 3. The van der Waals surface area contributed by atoms with Crippen LogP contribution in [-0.4, -0.2) is 29.1 Å². The van der Waals surface area contributed by atoms with Crippen molar-refractivity contribution in [1.29, 1.82) is 0 Å². The Labute approximate surface area is 102 Å². The number of alkyl halides is 3. The van der Waals surface area contributed by atoms with E-state index in [1.54, 1.807) is 5.38 Å². The summed E-state index contributed by atoms with van der Waals surface area (Å²) in [6, 6.07) is -1.57. The highest BCUT2D eigenvalue weighted by Gasteiger charge is 2.22. The minimum Gasteiger partial charge on any atom is -0.363 e. The molecule has 0 saturated heterocycles. The van der Waals surface area contributed by atoms with E-state index in [4.69, 9.17) is 12.2 Å². The van der Waals surface area contributed by atoms with E-state index in [1.165, 1.54) is 11.3 Å². The van der Waals surface area contributed by atoms with Crippen molar-refractivity contribution in [3.63, 3.8) is 0 Å². The molecular formula is C7H6BrF3N2S2. The van der Waals surface area contributed by atoms with Gasteiger partial charge < -0.3 is 5.32 Å². The van der Waals surface area contributed by atoms with Gasteiger partial charge in [-0.2, -0.15) is 0 Å². The van der Waals surface area contributed by atoms with Gasteiger partial charge in [0.1, 0.15) is 22.3 Å². The molecule has 0 saturated carbocycles. The Kier molecular flexibility index (Phi) is 4.94. The van der Waals surface area contributed by atoms with Crippen molar-refractivity contribution in [2.24, 2.45) is 0 Å². The van der Waals surface area contributed by atoms with E-state index in [2.05, 4.69) is 26.2 Å². The van der Waals surface area contributed by atoms with E-state index >= 15 is 0 Å². The highest BCUT2D eigenvalue weighted by atomic mass is 79.9. The lowest BCUT2D eigenvalue weighted by Crippen LogP contribution is -2.41. The van der Waals surface area contributed by atoms with Gasteiger partial charge in [-0.05, 0) is 15.9 Å². The lowest BCUT2D eigenvalue weighted by molar-refractivity contribution is 0.0947. The molecule has 0 bridgehead atoms. The van der Waals surface area contributed by atoms with E-state index in [9.17, 15) is 13.2 Å². The molecule has 1 heterocycles. The van der Waals surface area contributed by atoms with Gasteiger partial charge in [0.15, 0.2) is 5.01 Å². The maximum Gasteiger partial charge on any atom is 0.260 e. The van der Waals surface area contributed by atoms with Gasteiger partial charge in [0, 0.05) is 5.38 Å². The van der Waals surface area contributed by atoms with Crippen LogP contribution in [-0.2, 0) is 0 Å². The summed E-state index contributed by atoms with van der Waals surface area (Å²) in [5, 5.41) is 4.28. The van der Waals surface area contributed by atoms with Gasteiger partial charge in [0.25, 0.3) is 6.43 Å². The number of nitrogens with zero attached hydrogens (tertiary/aromatic N) is 1. The zero-order valence-electron chi connectivity index (χ0n) is 7.21. The Balaban J connectivity index is 2.62. The topological polar surface area (TPSA) is 24.9 Å². The highest BCUT2D eigenvalue weighted by molar-refractivity contribution is 9.10. The second-order valence-corrected chi connectivity index (χ2v) is 4.62. The molecule has 0 aliphatic rings. The van der Waals surface area contributed by atoms with E-state index < -0.39 is 19.1 Å². The standard InChI is InChI=1S/C7H6BrF3N2S2/c8-4-2-15-7(13-4)6(14)12-3(1-9)5(10)11/h2-3,5H,1H2,(H,12,14). The van der Waals surface area contributed by atoms with Crippen LogP contribution in [0.15, 0.2) is 9.98 Å². The summed E-state index contributed by atoms with van der Waals surface area (Å²) in [4.78, 5) is 3.96. The second-order valence-electron chi connectivity index (χ2n) is 2.54. The molecule has 0 amide bonds. The van der Waals surface area contributed by atoms with Crippen molar-refractivity contribution < 1.29 is 13.2 Å². The first-order chi connectivity index (χ1) is 7.04. The predicted octanol–water partition coefficient (Wildman–Crippen LogP) is 2.77. The van der Waals surface area contributed by atoms with Gasteiger partial charge in [-0.25, -0.2) is 18.2 Å². The predicted molar refractivity (Wildman–Crippen MR) is 60.4 cm³/mol. The Morgan fingerprint density at radius 1 is 1.67 bits per heavy atom. The zero-order chi connectivity index (χ0) is 11.4. The van der Waals surface area contributed by atoms with Crippen LogP contribution in [0.1, 0.15) is 5.01 Å². The van der Waals surface area contributed by atoms with Crippen LogP contribution in [0, 0.1) is 0 Å². The fourth-order valence-corrected chi connectivity index (χ4v) is 2.25. The van der Waals surface area contributed by atoms with Gasteiger partial charge in [-0.3, -0.25) is 0 Å². The quantitative estimate of drug-likeness (QED) is 0.864. The first-order valence-corrected chi connectivity index (χ1v) is 5.88. The molecule has 0 radical (unpaired) electrons. The van der Waals surface area contributed by atoms with Crippen LogP contribution >= 0.6 is 39.5 Å². The number of thiocarbonyl (C=S) groups is 1. The van der Waals surface area contributed by atoms with Crippen LogP contribution < -0.4 is 5.32 Å². The summed E-state index contributed by atoms with van der Waals surface area (Å²) in [6.45, 7) is -1.18.